The highest BCUT2D eigenvalue weighted by molar-refractivity contribution is 5.88. The number of carbonyl (C=O) groups excluding carboxylic acids is 2. The molecule has 0 N–H and O–H groups in total. The summed E-state index contributed by atoms with van der Waals surface area (Å²) in [5, 5.41) is 0. The van der Waals surface area contributed by atoms with Crippen LogP contribution in [-0.2, 0) is 19.1 Å². The summed E-state index contributed by atoms with van der Waals surface area (Å²) in [6.07, 6.45) is 15.4. The maximum absolute atomic E-state index is 12.5. The number of esters is 2. The smallest absolute Gasteiger partial charge is 0.319 e. The second-order valence-electron chi connectivity index (χ2n) is 5.69. The van der Waals surface area contributed by atoms with E-state index in [9.17, 15) is 9.59 Å². The van der Waals surface area contributed by atoms with E-state index in [2.05, 4.69) is 12.2 Å². The number of carbonyl (C=O) groups is 2. The van der Waals surface area contributed by atoms with Gasteiger partial charge in [0.1, 0.15) is 0 Å². The predicted molar refractivity (Wildman–Crippen MR) is 74.3 cm³/mol. The topological polar surface area (TPSA) is 52.6 Å². The van der Waals surface area contributed by atoms with Gasteiger partial charge < -0.3 is 9.47 Å². The number of hydrogen-bond donors (Lipinski definition) is 0. The largest absolute Gasteiger partial charge is 0.426 e. The number of ether oxygens (including phenoxy) is 2. The molecule has 1 unspecified atom stereocenters. The van der Waals surface area contributed by atoms with Gasteiger partial charge in [0, 0.05) is 18.8 Å². The number of rotatable bonds is 1. The molecule has 0 amide bonds. The van der Waals surface area contributed by atoms with Crippen molar-refractivity contribution in [3.8, 4) is 0 Å². The fourth-order valence-electron chi connectivity index (χ4n) is 3.76. The summed E-state index contributed by atoms with van der Waals surface area (Å²) >= 11 is 0. The molecule has 4 nitrogen and oxygen atoms in total. The van der Waals surface area contributed by atoms with E-state index in [0.717, 1.165) is 0 Å². The van der Waals surface area contributed by atoms with Crippen molar-refractivity contribution in [1.82, 2.24) is 0 Å². The first-order valence-electron chi connectivity index (χ1n) is 7.00. The lowest BCUT2D eigenvalue weighted by Gasteiger charge is -2.12. The molecule has 0 aromatic heterocycles. The fraction of sp³-hybridized carbons (Fsp3) is 0.294. The van der Waals surface area contributed by atoms with Gasteiger partial charge in [0.25, 0.3) is 0 Å². The van der Waals surface area contributed by atoms with Gasteiger partial charge in [-0.1, -0.05) is 42.5 Å². The third-order valence-corrected chi connectivity index (χ3v) is 4.64. The number of fused-ring (bicyclic) bond motifs is 5. The fourth-order valence-corrected chi connectivity index (χ4v) is 3.76. The molecule has 1 heterocycles. The molecule has 0 aromatic rings. The molecule has 3 aliphatic carbocycles. The van der Waals surface area contributed by atoms with Crippen LogP contribution in [0.5, 0.6) is 0 Å². The standard InChI is InChI=1S/C17H14O4/c1-10(18)20-14-9-5-4-8-13-15(14)21-16(19)17(13)11-6-2-3-7-12(11)17/h2-9,11-13H,1H3/t11-,12+,13-,17?/m1/s1. The van der Waals surface area contributed by atoms with Crippen LogP contribution in [0.2, 0.25) is 0 Å². The van der Waals surface area contributed by atoms with Gasteiger partial charge in [-0.3, -0.25) is 9.59 Å². The van der Waals surface area contributed by atoms with Crippen LogP contribution >= 0.6 is 0 Å². The van der Waals surface area contributed by atoms with Gasteiger partial charge in [-0.05, 0) is 6.08 Å². The van der Waals surface area contributed by atoms with E-state index in [1.165, 1.54) is 6.92 Å². The lowest BCUT2D eigenvalue weighted by atomic mass is 9.86. The summed E-state index contributed by atoms with van der Waals surface area (Å²) in [5.41, 5.74) is -0.563. The van der Waals surface area contributed by atoms with E-state index in [1.807, 2.05) is 24.3 Å². The molecule has 0 bridgehead atoms. The van der Waals surface area contributed by atoms with E-state index >= 15 is 0 Å². The van der Waals surface area contributed by atoms with Crippen molar-refractivity contribution in [3.05, 3.63) is 60.1 Å². The average Bonchev–Trinajstić information content (AvgIpc) is 3.08. The third-order valence-electron chi connectivity index (χ3n) is 4.64. The van der Waals surface area contributed by atoms with E-state index in [1.54, 1.807) is 12.2 Å². The lowest BCUT2D eigenvalue weighted by Crippen LogP contribution is -2.19. The molecular weight excluding hydrogens is 268 g/mol. The van der Waals surface area contributed by atoms with Crippen molar-refractivity contribution in [2.45, 2.75) is 6.92 Å². The van der Waals surface area contributed by atoms with E-state index in [0.29, 0.717) is 11.5 Å². The van der Waals surface area contributed by atoms with Crippen LogP contribution in [0.25, 0.3) is 0 Å². The van der Waals surface area contributed by atoms with Crippen LogP contribution in [0.3, 0.4) is 0 Å². The first-order chi connectivity index (χ1) is 10.2. The van der Waals surface area contributed by atoms with Gasteiger partial charge in [0.05, 0.1) is 11.3 Å². The van der Waals surface area contributed by atoms with E-state index in [-0.39, 0.29) is 23.7 Å². The van der Waals surface area contributed by atoms with E-state index < -0.39 is 11.4 Å². The maximum Gasteiger partial charge on any atom is 0.319 e. The first kappa shape index (κ1) is 12.4. The average molecular weight is 282 g/mol. The SMILES string of the molecule is CC(=O)OC1=C2OC(=O)C3([C@@H]2C=CC=C1)[C@@H]1C=CC=C[C@@H]13. The van der Waals surface area contributed by atoms with Crippen LogP contribution in [0.15, 0.2) is 60.1 Å². The Morgan fingerprint density at radius 1 is 1.14 bits per heavy atom. The van der Waals surface area contributed by atoms with Crippen LogP contribution in [0, 0.1) is 23.2 Å². The summed E-state index contributed by atoms with van der Waals surface area (Å²) in [6, 6.07) is 0. The van der Waals surface area contributed by atoms with Crippen molar-refractivity contribution < 1.29 is 19.1 Å². The Morgan fingerprint density at radius 3 is 2.48 bits per heavy atom. The molecule has 0 radical (unpaired) electrons. The Kier molecular flexibility index (Phi) is 2.40. The summed E-state index contributed by atoms with van der Waals surface area (Å²) in [5.74, 6) is 0.288. The zero-order valence-corrected chi connectivity index (χ0v) is 11.5. The molecule has 21 heavy (non-hydrogen) atoms. The first-order valence-corrected chi connectivity index (χ1v) is 7.00. The Bertz CT molecular complexity index is 672. The molecule has 4 heteroatoms. The van der Waals surface area contributed by atoms with Gasteiger partial charge in [-0.2, -0.15) is 0 Å². The zero-order valence-electron chi connectivity index (χ0n) is 11.5. The van der Waals surface area contributed by atoms with Crippen molar-refractivity contribution >= 4 is 11.9 Å². The molecule has 1 saturated carbocycles. The molecule has 4 atom stereocenters. The van der Waals surface area contributed by atoms with Crippen molar-refractivity contribution in [1.29, 1.82) is 0 Å². The Balaban J connectivity index is 1.81. The van der Waals surface area contributed by atoms with Crippen molar-refractivity contribution in [2.24, 2.45) is 23.2 Å². The summed E-state index contributed by atoms with van der Waals surface area (Å²) < 4.78 is 10.7. The minimum absolute atomic E-state index is 0.166. The molecule has 4 aliphatic rings. The minimum Gasteiger partial charge on any atom is -0.426 e. The number of allylic oxidation sites excluding steroid dienone is 8. The third kappa shape index (κ3) is 1.50. The Hall–Kier alpha value is -2.36. The van der Waals surface area contributed by atoms with Gasteiger partial charge >= 0.3 is 11.9 Å². The van der Waals surface area contributed by atoms with Crippen LogP contribution in [-0.4, -0.2) is 11.9 Å². The number of hydrogen-bond acceptors (Lipinski definition) is 4. The predicted octanol–water partition coefficient (Wildman–Crippen LogP) is 2.42. The minimum atomic E-state index is -0.563. The molecule has 1 saturated heterocycles. The van der Waals surface area contributed by atoms with Gasteiger partial charge in [0.2, 0.25) is 0 Å². The lowest BCUT2D eigenvalue weighted by molar-refractivity contribution is -0.142. The van der Waals surface area contributed by atoms with Crippen molar-refractivity contribution in [3.63, 3.8) is 0 Å². The highest BCUT2D eigenvalue weighted by Gasteiger charge is 2.76. The summed E-state index contributed by atoms with van der Waals surface area (Å²) in [6.45, 7) is 1.34. The molecule has 2 fully saturated rings. The van der Waals surface area contributed by atoms with E-state index in [4.69, 9.17) is 9.47 Å². The quantitative estimate of drug-likeness (QED) is 0.693. The van der Waals surface area contributed by atoms with Crippen LogP contribution in [0.4, 0.5) is 0 Å². The monoisotopic (exact) mass is 282 g/mol. The van der Waals surface area contributed by atoms with Crippen molar-refractivity contribution in [2.75, 3.05) is 0 Å². The second-order valence-corrected chi connectivity index (χ2v) is 5.69. The highest BCUT2D eigenvalue weighted by atomic mass is 16.6. The Morgan fingerprint density at radius 2 is 1.81 bits per heavy atom. The normalized spacial score (nSPS) is 38.1. The Labute approximate surface area is 122 Å². The maximum atomic E-state index is 12.5. The van der Waals surface area contributed by atoms with Gasteiger partial charge in [-0.15, -0.1) is 0 Å². The van der Waals surface area contributed by atoms with Gasteiger partial charge in [0.15, 0.2) is 11.5 Å². The summed E-state index contributed by atoms with van der Waals surface area (Å²) in [4.78, 5) is 23.8. The molecule has 0 aromatic carbocycles. The molecule has 4 rings (SSSR count). The molecular formula is C17H14O4. The second kappa shape index (κ2) is 4.07. The van der Waals surface area contributed by atoms with Crippen LogP contribution in [0.1, 0.15) is 6.92 Å². The highest BCUT2D eigenvalue weighted by Crippen LogP contribution is 2.71. The van der Waals surface area contributed by atoms with Crippen LogP contribution < -0.4 is 0 Å². The molecule has 106 valence electrons. The zero-order chi connectivity index (χ0) is 14.6. The molecule has 1 spiro atoms. The van der Waals surface area contributed by atoms with Gasteiger partial charge in [-0.25, -0.2) is 0 Å². The molecule has 1 aliphatic heterocycles. The summed E-state index contributed by atoms with van der Waals surface area (Å²) in [7, 11) is 0.